The summed E-state index contributed by atoms with van der Waals surface area (Å²) in [6, 6.07) is 9.94. The van der Waals surface area contributed by atoms with Crippen LogP contribution >= 0.6 is 0 Å². The van der Waals surface area contributed by atoms with E-state index >= 15 is 0 Å². The average Bonchev–Trinajstić information content (AvgIpc) is 3.33. The van der Waals surface area contributed by atoms with E-state index in [1.54, 1.807) is 0 Å². The van der Waals surface area contributed by atoms with Crippen molar-refractivity contribution in [2.24, 2.45) is 5.92 Å². The van der Waals surface area contributed by atoms with Crippen LogP contribution in [0.1, 0.15) is 29.9 Å². The summed E-state index contributed by atoms with van der Waals surface area (Å²) >= 11 is 0. The molecule has 2 aromatic carbocycles. The summed E-state index contributed by atoms with van der Waals surface area (Å²) < 4.78 is 106. The third kappa shape index (κ3) is 6.29. The van der Waals surface area contributed by atoms with Gasteiger partial charge in [-0.25, -0.2) is 8.42 Å². The van der Waals surface area contributed by atoms with Crippen LogP contribution in [0.2, 0.25) is 0 Å². The van der Waals surface area contributed by atoms with E-state index in [0.717, 1.165) is 17.0 Å². The van der Waals surface area contributed by atoms with Crippen molar-refractivity contribution in [1.29, 1.82) is 0 Å². The Kier molecular flexibility index (Phi) is 7.06. The molecule has 0 bridgehead atoms. The zero-order valence-electron chi connectivity index (χ0n) is 18.9. The molecule has 0 radical (unpaired) electrons. The lowest BCUT2D eigenvalue weighted by atomic mass is 9.99. The number of amides is 1. The number of carbonyl (C=O) groups is 1. The molecule has 0 aliphatic carbocycles. The van der Waals surface area contributed by atoms with Gasteiger partial charge in [-0.1, -0.05) is 35.5 Å². The summed E-state index contributed by atoms with van der Waals surface area (Å²) in [7, 11) is -3.27. The third-order valence-corrected chi connectivity index (χ3v) is 7.59. The summed E-state index contributed by atoms with van der Waals surface area (Å²) in [6.45, 7) is -0.163. The number of halogens is 6. The SMILES string of the molecule is O=C(C1CCS(=O)(=O)CC1)N(Cc1ccc(-c2noc(C(F)(F)F)n2)cc1)c1cccc(C(F)(F)F)c1. The van der Waals surface area contributed by atoms with Crippen molar-refractivity contribution in [3.05, 3.63) is 65.5 Å². The van der Waals surface area contributed by atoms with Crippen molar-refractivity contribution >= 4 is 21.4 Å². The van der Waals surface area contributed by atoms with Crippen molar-refractivity contribution in [2.45, 2.75) is 31.7 Å². The molecule has 37 heavy (non-hydrogen) atoms. The zero-order chi connectivity index (χ0) is 27.0. The fourth-order valence-electron chi connectivity index (χ4n) is 3.90. The van der Waals surface area contributed by atoms with Crippen LogP contribution in [0, 0.1) is 5.92 Å². The number of rotatable bonds is 5. The van der Waals surface area contributed by atoms with Crippen molar-refractivity contribution in [2.75, 3.05) is 16.4 Å². The van der Waals surface area contributed by atoms with Gasteiger partial charge in [-0.15, -0.1) is 0 Å². The Balaban J connectivity index is 1.62. The van der Waals surface area contributed by atoms with E-state index in [1.807, 2.05) is 0 Å². The van der Waals surface area contributed by atoms with Crippen LogP contribution in [0.25, 0.3) is 11.4 Å². The lowest BCUT2D eigenvalue weighted by Gasteiger charge is -2.30. The molecule has 0 spiro atoms. The molecule has 1 fully saturated rings. The molecule has 1 amide bonds. The first-order valence-corrected chi connectivity index (χ1v) is 12.7. The highest BCUT2D eigenvalue weighted by atomic mass is 32.2. The Bertz CT molecular complexity index is 1370. The normalized spacial score (nSPS) is 16.5. The predicted molar refractivity (Wildman–Crippen MR) is 119 cm³/mol. The number of hydrogen-bond acceptors (Lipinski definition) is 6. The number of nitrogens with zero attached hydrogens (tertiary/aromatic N) is 3. The monoisotopic (exact) mass is 547 g/mol. The van der Waals surface area contributed by atoms with Crippen LogP contribution in [0.3, 0.4) is 0 Å². The molecule has 198 valence electrons. The third-order valence-electron chi connectivity index (χ3n) is 5.88. The van der Waals surface area contributed by atoms with Crippen molar-refractivity contribution in [1.82, 2.24) is 10.1 Å². The summed E-state index contributed by atoms with van der Waals surface area (Å²) in [5.41, 5.74) is -0.331. The molecule has 14 heteroatoms. The molecule has 3 aromatic rings. The fraction of sp³-hybridized carbons (Fsp3) is 0.348. The largest absolute Gasteiger partial charge is 0.471 e. The minimum Gasteiger partial charge on any atom is -0.329 e. The molecule has 4 rings (SSSR count). The Labute approximate surface area is 207 Å². The second-order valence-corrected chi connectivity index (χ2v) is 10.8. The van der Waals surface area contributed by atoms with Gasteiger partial charge in [0.1, 0.15) is 9.84 Å². The average molecular weight is 547 g/mol. The maximum Gasteiger partial charge on any atom is 0.471 e. The molecule has 0 atom stereocenters. The van der Waals surface area contributed by atoms with E-state index in [-0.39, 0.29) is 48.0 Å². The second-order valence-electron chi connectivity index (χ2n) is 8.52. The van der Waals surface area contributed by atoms with Crippen LogP contribution in [0.5, 0.6) is 0 Å². The van der Waals surface area contributed by atoms with Gasteiger partial charge in [0.05, 0.1) is 23.6 Å². The Morgan fingerprint density at radius 3 is 2.19 bits per heavy atom. The number of carbonyl (C=O) groups excluding carboxylic acids is 1. The highest BCUT2D eigenvalue weighted by Gasteiger charge is 2.38. The molecule has 7 nitrogen and oxygen atoms in total. The molecular formula is C23H19F6N3O4S. The lowest BCUT2D eigenvalue weighted by Crippen LogP contribution is -2.39. The first kappa shape index (κ1) is 26.6. The van der Waals surface area contributed by atoms with Crippen molar-refractivity contribution in [3.63, 3.8) is 0 Å². The summed E-state index contributed by atoms with van der Waals surface area (Å²) in [4.78, 5) is 17.8. The summed E-state index contributed by atoms with van der Waals surface area (Å²) in [5, 5.41) is 3.30. The maximum atomic E-state index is 13.4. The summed E-state index contributed by atoms with van der Waals surface area (Å²) in [5.74, 6) is -3.43. The molecule has 0 N–H and O–H groups in total. The number of aromatic nitrogens is 2. The standard InChI is InChI=1S/C23H19F6N3O4S/c24-22(25,26)17-2-1-3-18(12-17)32(20(33)16-8-10-37(34,35)11-9-16)13-14-4-6-15(7-5-14)19-30-21(36-31-19)23(27,28)29/h1-7,12,16H,8-11,13H2. The molecule has 1 aliphatic heterocycles. The Morgan fingerprint density at radius 1 is 0.973 bits per heavy atom. The first-order chi connectivity index (χ1) is 17.2. The number of benzene rings is 2. The van der Waals surface area contributed by atoms with Crippen molar-refractivity contribution < 1.29 is 44.1 Å². The van der Waals surface area contributed by atoms with Gasteiger partial charge < -0.3 is 9.42 Å². The van der Waals surface area contributed by atoms with E-state index in [2.05, 4.69) is 14.7 Å². The topological polar surface area (TPSA) is 93.4 Å². The predicted octanol–water partition coefficient (Wildman–Crippen LogP) is 5.13. The van der Waals surface area contributed by atoms with Gasteiger partial charge in [-0.2, -0.15) is 31.3 Å². The van der Waals surface area contributed by atoms with Gasteiger partial charge in [0.2, 0.25) is 11.7 Å². The van der Waals surface area contributed by atoms with E-state index in [4.69, 9.17) is 0 Å². The molecule has 0 unspecified atom stereocenters. The van der Waals surface area contributed by atoms with E-state index < -0.39 is 45.5 Å². The van der Waals surface area contributed by atoms with Crippen LogP contribution in [-0.4, -0.2) is 36.0 Å². The summed E-state index contributed by atoms with van der Waals surface area (Å²) in [6.07, 6.45) is -9.36. The van der Waals surface area contributed by atoms with Gasteiger partial charge in [-0.3, -0.25) is 4.79 Å². The highest BCUT2D eigenvalue weighted by Crippen LogP contribution is 2.34. The molecule has 1 aromatic heterocycles. The minimum atomic E-state index is -4.81. The van der Waals surface area contributed by atoms with E-state index in [1.165, 1.54) is 36.4 Å². The quantitative estimate of drug-likeness (QED) is 0.411. The zero-order valence-corrected chi connectivity index (χ0v) is 19.7. The van der Waals surface area contributed by atoms with E-state index in [0.29, 0.717) is 5.56 Å². The number of alkyl halides is 6. The van der Waals surface area contributed by atoms with Crippen molar-refractivity contribution in [3.8, 4) is 11.4 Å². The number of anilines is 1. The number of hydrogen-bond donors (Lipinski definition) is 0. The van der Waals surface area contributed by atoms with Crippen LogP contribution < -0.4 is 4.90 Å². The fourth-order valence-corrected chi connectivity index (χ4v) is 5.39. The van der Waals surface area contributed by atoms with Crippen LogP contribution in [0.4, 0.5) is 32.0 Å². The molecule has 1 saturated heterocycles. The second kappa shape index (κ2) is 9.80. The Morgan fingerprint density at radius 2 is 1.62 bits per heavy atom. The van der Waals surface area contributed by atoms with Crippen LogP contribution in [-0.2, 0) is 33.5 Å². The number of sulfone groups is 1. The van der Waals surface area contributed by atoms with Gasteiger partial charge in [0.25, 0.3) is 0 Å². The highest BCUT2D eigenvalue weighted by molar-refractivity contribution is 7.91. The van der Waals surface area contributed by atoms with Gasteiger partial charge in [-0.05, 0) is 36.6 Å². The minimum absolute atomic E-state index is 0.0229. The van der Waals surface area contributed by atoms with Gasteiger partial charge >= 0.3 is 18.2 Å². The molecule has 1 aliphatic rings. The molecule has 2 heterocycles. The molecular weight excluding hydrogens is 528 g/mol. The Hall–Kier alpha value is -3.42. The maximum absolute atomic E-state index is 13.4. The molecule has 0 saturated carbocycles. The van der Waals surface area contributed by atoms with Gasteiger partial charge in [0.15, 0.2) is 0 Å². The first-order valence-electron chi connectivity index (χ1n) is 10.9. The van der Waals surface area contributed by atoms with Gasteiger partial charge in [0, 0.05) is 17.2 Å². The van der Waals surface area contributed by atoms with E-state index in [9.17, 15) is 39.6 Å². The van der Waals surface area contributed by atoms with Crippen LogP contribution in [0.15, 0.2) is 53.1 Å². The smallest absolute Gasteiger partial charge is 0.329 e. The lowest BCUT2D eigenvalue weighted by molar-refractivity contribution is -0.159.